The van der Waals surface area contributed by atoms with Gasteiger partial charge in [-0.05, 0) is 57.9 Å². The summed E-state index contributed by atoms with van der Waals surface area (Å²) in [7, 11) is -2.39. The van der Waals surface area contributed by atoms with Gasteiger partial charge in [-0.1, -0.05) is 56.1 Å². The molecule has 0 aromatic heterocycles. The molecule has 7 heteroatoms. The molecule has 4 aromatic rings. The predicted octanol–water partition coefficient (Wildman–Crippen LogP) is 5.84. The highest BCUT2D eigenvalue weighted by Crippen LogP contribution is 2.44. The third-order valence-corrected chi connectivity index (χ3v) is 6.60. The molecule has 0 spiro atoms. The number of hydrogen-bond donors (Lipinski definition) is 1. The molecular formula is C21H15Br2NO3S. The third kappa shape index (κ3) is 3.33. The molecule has 28 heavy (non-hydrogen) atoms. The van der Waals surface area contributed by atoms with E-state index in [2.05, 4.69) is 31.9 Å². The third-order valence-electron chi connectivity index (χ3n) is 4.66. The van der Waals surface area contributed by atoms with Crippen LogP contribution in [0.2, 0.25) is 0 Å². The topological polar surface area (TPSA) is 69.4 Å². The number of fused-ring (bicyclic) bond motifs is 2. The molecule has 2 N–H and O–H groups in total. The van der Waals surface area contributed by atoms with Crippen molar-refractivity contribution in [1.29, 1.82) is 0 Å². The van der Waals surface area contributed by atoms with Crippen molar-refractivity contribution in [2.75, 3.05) is 7.11 Å². The lowest BCUT2D eigenvalue weighted by molar-refractivity contribution is 0.417. The first-order valence-corrected chi connectivity index (χ1v) is 11.4. The van der Waals surface area contributed by atoms with E-state index in [9.17, 15) is 8.42 Å². The molecule has 0 saturated carbocycles. The van der Waals surface area contributed by atoms with Gasteiger partial charge < -0.3 is 4.74 Å². The summed E-state index contributed by atoms with van der Waals surface area (Å²) >= 11 is 6.96. The summed E-state index contributed by atoms with van der Waals surface area (Å²) in [4.78, 5) is 0.0658. The number of primary sulfonamides is 1. The second-order valence-electron chi connectivity index (χ2n) is 6.36. The smallest absolute Gasteiger partial charge is 0.238 e. The van der Waals surface area contributed by atoms with E-state index in [4.69, 9.17) is 9.88 Å². The molecular weight excluding hydrogens is 506 g/mol. The van der Waals surface area contributed by atoms with Crippen LogP contribution in [0.4, 0.5) is 0 Å². The van der Waals surface area contributed by atoms with E-state index in [-0.39, 0.29) is 4.90 Å². The molecule has 0 aliphatic rings. The fourth-order valence-corrected chi connectivity index (χ4v) is 5.00. The molecule has 0 aliphatic carbocycles. The van der Waals surface area contributed by atoms with Crippen LogP contribution in [0, 0.1) is 0 Å². The summed E-state index contributed by atoms with van der Waals surface area (Å²) in [5, 5.41) is 9.10. The summed E-state index contributed by atoms with van der Waals surface area (Å²) in [5.41, 5.74) is 1.24. The van der Waals surface area contributed by atoms with Gasteiger partial charge in [0.05, 0.1) is 12.0 Å². The Labute approximate surface area is 179 Å². The quantitative estimate of drug-likeness (QED) is 0.369. The minimum Gasteiger partial charge on any atom is -0.496 e. The lowest BCUT2D eigenvalue weighted by Crippen LogP contribution is -2.14. The van der Waals surface area contributed by atoms with E-state index < -0.39 is 10.0 Å². The highest BCUT2D eigenvalue weighted by Gasteiger charge is 2.23. The Hall–Kier alpha value is -1.93. The Kier molecular flexibility index (Phi) is 4.95. The maximum atomic E-state index is 12.4. The molecule has 4 aromatic carbocycles. The Morgan fingerprint density at radius 3 is 1.86 bits per heavy atom. The van der Waals surface area contributed by atoms with Crippen molar-refractivity contribution in [3.63, 3.8) is 0 Å². The number of benzene rings is 4. The number of sulfonamides is 1. The Morgan fingerprint density at radius 1 is 0.786 bits per heavy atom. The Morgan fingerprint density at radius 2 is 1.32 bits per heavy atom. The second kappa shape index (κ2) is 7.15. The average Bonchev–Trinajstić information content (AvgIpc) is 2.65. The normalized spacial score (nSPS) is 11.9. The summed E-state index contributed by atoms with van der Waals surface area (Å²) in [6.45, 7) is 0. The van der Waals surface area contributed by atoms with Gasteiger partial charge in [-0.15, -0.1) is 0 Å². The first kappa shape index (κ1) is 19.4. The number of methoxy groups -OCH3 is 1. The van der Waals surface area contributed by atoms with E-state index in [0.717, 1.165) is 30.5 Å². The van der Waals surface area contributed by atoms with Gasteiger partial charge in [-0.2, -0.15) is 0 Å². The summed E-state index contributed by atoms with van der Waals surface area (Å²) < 4.78 is 32.4. The van der Waals surface area contributed by atoms with Crippen LogP contribution in [0.25, 0.3) is 32.7 Å². The number of hydrogen-bond acceptors (Lipinski definition) is 3. The van der Waals surface area contributed by atoms with Gasteiger partial charge in [0.1, 0.15) is 5.75 Å². The van der Waals surface area contributed by atoms with Crippen molar-refractivity contribution < 1.29 is 13.2 Å². The van der Waals surface area contributed by atoms with Crippen molar-refractivity contribution >= 4 is 63.4 Å². The number of ether oxygens (including phenoxy) is 1. The average molecular weight is 521 g/mol. The molecule has 0 heterocycles. The van der Waals surface area contributed by atoms with Gasteiger partial charge in [0.2, 0.25) is 10.0 Å². The molecule has 0 fully saturated rings. The van der Waals surface area contributed by atoms with Crippen LogP contribution in [0.5, 0.6) is 5.75 Å². The molecule has 0 amide bonds. The van der Waals surface area contributed by atoms with Crippen LogP contribution in [-0.4, -0.2) is 15.5 Å². The molecule has 0 radical (unpaired) electrons. The van der Waals surface area contributed by atoms with Crippen molar-refractivity contribution in [3.05, 3.63) is 69.6 Å². The van der Waals surface area contributed by atoms with E-state index in [1.807, 2.05) is 48.5 Å². The summed E-state index contributed by atoms with van der Waals surface area (Å²) in [5.74, 6) is 0.579. The molecule has 4 rings (SSSR count). The SMILES string of the molecule is COc1ccc2cc(Br)ccc2c1-c1c(S(N)(=O)=O)ccc2cc(Br)ccc12. The largest absolute Gasteiger partial charge is 0.496 e. The van der Waals surface area contributed by atoms with E-state index >= 15 is 0 Å². The molecule has 0 saturated heterocycles. The minimum atomic E-state index is -3.96. The fourth-order valence-electron chi connectivity index (χ4n) is 3.48. The predicted molar refractivity (Wildman–Crippen MR) is 120 cm³/mol. The standard InChI is InChI=1S/C21H15Br2NO3S/c1-27-18-8-2-12-10-14(22)4-6-16(12)20(18)21-17-7-5-15(23)11-13(17)3-9-19(21)28(24,25)26/h2-11H,1H3,(H2,24,25,26). The lowest BCUT2D eigenvalue weighted by atomic mass is 9.93. The van der Waals surface area contributed by atoms with Crippen LogP contribution in [0.1, 0.15) is 0 Å². The molecule has 0 unspecified atom stereocenters. The van der Waals surface area contributed by atoms with E-state index in [0.29, 0.717) is 16.9 Å². The molecule has 0 aliphatic heterocycles. The van der Waals surface area contributed by atoms with Crippen LogP contribution in [-0.2, 0) is 10.0 Å². The van der Waals surface area contributed by atoms with E-state index in [1.54, 1.807) is 19.2 Å². The van der Waals surface area contributed by atoms with Crippen LogP contribution < -0.4 is 9.88 Å². The van der Waals surface area contributed by atoms with Gasteiger partial charge in [-0.3, -0.25) is 0 Å². The summed E-state index contributed by atoms with van der Waals surface area (Å²) in [6.07, 6.45) is 0. The van der Waals surface area contributed by atoms with Crippen LogP contribution in [0.15, 0.2) is 74.5 Å². The first-order valence-electron chi connectivity index (χ1n) is 8.31. The Bertz CT molecular complexity index is 1350. The van der Waals surface area contributed by atoms with E-state index in [1.165, 1.54) is 0 Å². The van der Waals surface area contributed by atoms with Crippen LogP contribution in [0.3, 0.4) is 0 Å². The van der Waals surface area contributed by atoms with Crippen molar-refractivity contribution in [2.24, 2.45) is 5.14 Å². The lowest BCUT2D eigenvalue weighted by Gasteiger charge is -2.18. The van der Waals surface area contributed by atoms with Crippen molar-refractivity contribution in [2.45, 2.75) is 4.90 Å². The van der Waals surface area contributed by atoms with Crippen molar-refractivity contribution in [3.8, 4) is 16.9 Å². The number of nitrogens with two attached hydrogens (primary N) is 1. The zero-order valence-corrected chi connectivity index (χ0v) is 18.7. The number of rotatable bonds is 3. The Balaban J connectivity index is 2.26. The van der Waals surface area contributed by atoms with Gasteiger partial charge in [0, 0.05) is 20.1 Å². The van der Waals surface area contributed by atoms with Gasteiger partial charge in [0.15, 0.2) is 0 Å². The highest BCUT2D eigenvalue weighted by atomic mass is 79.9. The molecule has 0 atom stereocenters. The maximum absolute atomic E-state index is 12.4. The van der Waals surface area contributed by atoms with Crippen molar-refractivity contribution in [1.82, 2.24) is 0 Å². The first-order chi connectivity index (χ1) is 13.3. The second-order valence-corrected chi connectivity index (χ2v) is 9.72. The van der Waals surface area contributed by atoms with Crippen LogP contribution >= 0.6 is 31.9 Å². The van der Waals surface area contributed by atoms with Gasteiger partial charge in [-0.25, -0.2) is 13.6 Å². The highest BCUT2D eigenvalue weighted by molar-refractivity contribution is 9.10. The molecule has 0 bridgehead atoms. The van der Waals surface area contributed by atoms with Gasteiger partial charge >= 0.3 is 0 Å². The molecule has 4 nitrogen and oxygen atoms in total. The zero-order valence-electron chi connectivity index (χ0n) is 14.7. The monoisotopic (exact) mass is 519 g/mol. The zero-order chi connectivity index (χ0) is 20.1. The van der Waals surface area contributed by atoms with Gasteiger partial charge in [0.25, 0.3) is 0 Å². The number of halogens is 2. The summed E-state index contributed by atoms with van der Waals surface area (Å²) in [6, 6.07) is 18.7. The molecule has 142 valence electrons. The fraction of sp³-hybridized carbons (Fsp3) is 0.0476. The maximum Gasteiger partial charge on any atom is 0.238 e. The minimum absolute atomic E-state index is 0.0658.